The maximum Gasteiger partial charge on any atom is 0.335 e. The van der Waals surface area contributed by atoms with Gasteiger partial charge in [-0.2, -0.15) is 0 Å². The molecule has 0 fully saturated rings. The molecule has 7 rings (SSSR count). The van der Waals surface area contributed by atoms with E-state index < -0.39 is 37.9 Å². The van der Waals surface area contributed by atoms with Crippen LogP contribution in [0.15, 0.2) is 75.8 Å². The second kappa shape index (κ2) is 17.1. The second-order valence-electron chi connectivity index (χ2n) is 13.3. The van der Waals surface area contributed by atoms with E-state index in [1.807, 2.05) is 6.92 Å². The Labute approximate surface area is 353 Å². The van der Waals surface area contributed by atoms with E-state index in [2.05, 4.69) is 10.3 Å². The van der Waals surface area contributed by atoms with Crippen LogP contribution in [0.3, 0.4) is 0 Å². The number of aromatic nitrogens is 1. The van der Waals surface area contributed by atoms with E-state index in [-0.39, 0.29) is 67.1 Å². The fourth-order valence-electron chi connectivity index (χ4n) is 6.83. The number of anilines is 3. The zero-order chi connectivity index (χ0) is 43.0. The quantitative estimate of drug-likeness (QED) is 0.124. The topological polar surface area (TPSA) is 210 Å². The first-order valence-electron chi connectivity index (χ1n) is 17.6. The van der Waals surface area contributed by atoms with Gasteiger partial charge in [0.15, 0.2) is 5.13 Å². The summed E-state index contributed by atoms with van der Waals surface area (Å²) in [6.45, 7) is 4.04. The van der Waals surface area contributed by atoms with Crippen molar-refractivity contribution in [2.24, 2.45) is 0 Å². The zero-order valence-corrected chi connectivity index (χ0v) is 35.7. The van der Waals surface area contributed by atoms with Crippen molar-refractivity contribution in [3.63, 3.8) is 0 Å². The van der Waals surface area contributed by atoms with Gasteiger partial charge in [0.2, 0.25) is 0 Å². The summed E-state index contributed by atoms with van der Waals surface area (Å²) in [5.41, 5.74) is 4.65. The Bertz CT molecular complexity index is 2740. The fraction of sp³-hybridized carbons (Fsp3) is 0.231. The highest BCUT2D eigenvalue weighted by Gasteiger charge is 2.36. The molecule has 4 aromatic carbocycles. The molecule has 0 aliphatic carbocycles. The number of nitrogens with one attached hydrogen (secondary N) is 1. The van der Waals surface area contributed by atoms with Crippen LogP contribution in [0.25, 0.3) is 0 Å². The Morgan fingerprint density at radius 1 is 0.763 bits per heavy atom. The van der Waals surface area contributed by atoms with Crippen LogP contribution in [0.2, 0.25) is 10.0 Å². The number of carboxylic acids is 2. The van der Waals surface area contributed by atoms with Gasteiger partial charge in [0.1, 0.15) is 21.3 Å². The number of fused-ring (bicyclic) bond motifs is 2. The third-order valence-corrected chi connectivity index (χ3v) is 14.5. The molecule has 0 radical (unpaired) electrons. The first-order valence-corrected chi connectivity index (χ1v) is 22.1. The van der Waals surface area contributed by atoms with Gasteiger partial charge >= 0.3 is 11.9 Å². The number of nitrogens with zero attached hydrogens (tertiary/aromatic N) is 3. The molecular weight excluding hydrogens is 868 g/mol. The van der Waals surface area contributed by atoms with Crippen LogP contribution in [0.4, 0.5) is 16.5 Å². The third-order valence-electron chi connectivity index (χ3n) is 9.57. The number of carboxylic acid groups (broad SMARTS) is 2. The maximum absolute atomic E-state index is 13.5. The Morgan fingerprint density at radius 3 is 1.69 bits per heavy atom. The van der Waals surface area contributed by atoms with Crippen molar-refractivity contribution in [1.29, 1.82) is 0 Å². The van der Waals surface area contributed by atoms with E-state index in [0.717, 1.165) is 33.6 Å². The largest absolute Gasteiger partial charge is 0.495 e. The predicted molar refractivity (Wildman–Crippen MR) is 223 cm³/mol. The summed E-state index contributed by atoms with van der Waals surface area (Å²) < 4.78 is 66.3. The van der Waals surface area contributed by atoms with Gasteiger partial charge in [-0.3, -0.25) is 23.5 Å². The lowest BCUT2D eigenvalue weighted by Gasteiger charge is -2.22. The lowest BCUT2D eigenvalue weighted by atomic mass is 10.0. The van der Waals surface area contributed by atoms with Gasteiger partial charge in [-0.15, -0.1) is 11.3 Å². The minimum Gasteiger partial charge on any atom is -0.495 e. The molecule has 0 unspecified atom stereocenters. The number of aryl methyl sites for hydroxylation is 2. The van der Waals surface area contributed by atoms with Gasteiger partial charge in [0.25, 0.3) is 26.0 Å². The number of ether oxygens (including phenoxy) is 2. The molecule has 15 nitrogen and oxygen atoms in total. The number of benzene rings is 4. The van der Waals surface area contributed by atoms with Gasteiger partial charge in [0.05, 0.1) is 43.3 Å². The van der Waals surface area contributed by atoms with E-state index in [0.29, 0.717) is 29.9 Å². The minimum atomic E-state index is -4.02. The van der Waals surface area contributed by atoms with E-state index in [1.54, 1.807) is 36.6 Å². The molecular formula is C39H36Cl2N4O11S3. The van der Waals surface area contributed by atoms with E-state index in [9.17, 15) is 36.3 Å². The molecule has 0 saturated heterocycles. The Hall–Kier alpha value is -5.40. The van der Waals surface area contributed by atoms with E-state index >= 15 is 0 Å². The number of rotatable bonds is 11. The monoisotopic (exact) mass is 902 g/mol. The summed E-state index contributed by atoms with van der Waals surface area (Å²) in [6, 6.07) is 14.9. The second-order valence-corrected chi connectivity index (χ2v) is 18.7. The SMILES string of the molecule is COc1ccc(Cl)cc1S(=O)(=O)N1CCc2c(C)cc(C(=O)Nc3nc(CC(=O)O)cs3)cc21.COc1ccc(Cl)cc1S(=O)(=O)N1CCc2c(C)cc(C(=O)O)cc21. The third kappa shape index (κ3) is 8.82. The molecule has 0 saturated carbocycles. The van der Waals surface area contributed by atoms with E-state index in [1.165, 1.54) is 59.2 Å². The molecule has 5 aromatic rings. The number of halogens is 2. The summed E-state index contributed by atoms with van der Waals surface area (Å²) in [4.78, 5) is 39.1. The fourth-order valence-corrected chi connectivity index (χ4v) is 11.3. The van der Waals surface area contributed by atoms with Crippen LogP contribution in [0, 0.1) is 13.8 Å². The lowest BCUT2D eigenvalue weighted by molar-refractivity contribution is -0.136. The standard InChI is InChI=1S/C22H20ClN3O6S2.C17H16ClNO5S/c1-12-7-13(21(29)25-22-24-15(11-33-22)10-20(27)28)8-17-16(12)5-6-26(17)34(30,31)19-9-14(23)3-4-18(19)32-2;1-10-7-11(17(20)21)8-14-13(10)5-6-19(14)25(22,23)16-9-12(18)3-4-15(16)24-2/h3-4,7-9,11H,5-6,10H2,1-2H3,(H,27,28)(H,24,25,29);3-4,7-9H,5-6H2,1-2H3,(H,20,21). The molecule has 2 aliphatic rings. The Morgan fingerprint density at radius 2 is 1.24 bits per heavy atom. The number of aromatic carboxylic acids is 1. The molecule has 59 heavy (non-hydrogen) atoms. The molecule has 3 heterocycles. The molecule has 1 amide bonds. The lowest BCUT2D eigenvalue weighted by Crippen LogP contribution is -2.29. The van der Waals surface area contributed by atoms with Crippen LogP contribution in [0.1, 0.15) is 48.7 Å². The first kappa shape index (κ1) is 43.2. The number of hydrogen-bond acceptors (Lipinski definition) is 11. The van der Waals surface area contributed by atoms with Crippen molar-refractivity contribution in [2.75, 3.05) is 41.2 Å². The molecule has 0 spiro atoms. The molecule has 20 heteroatoms. The zero-order valence-electron chi connectivity index (χ0n) is 31.8. The average Bonchev–Trinajstić information content (AvgIpc) is 3.94. The first-order chi connectivity index (χ1) is 27.8. The number of sulfonamides is 2. The molecule has 0 atom stereocenters. The average molecular weight is 904 g/mol. The number of methoxy groups -OCH3 is 2. The summed E-state index contributed by atoms with van der Waals surface area (Å²) in [7, 11) is -5.20. The summed E-state index contributed by atoms with van der Waals surface area (Å²) in [6.07, 6.45) is 0.767. The Balaban J connectivity index is 0.000000208. The molecule has 2 aliphatic heterocycles. The van der Waals surface area contributed by atoms with Gasteiger partial charge in [-0.25, -0.2) is 26.6 Å². The molecule has 310 valence electrons. The number of amides is 1. The number of aliphatic carboxylic acids is 1. The van der Waals surface area contributed by atoms with Gasteiger partial charge in [-0.1, -0.05) is 23.2 Å². The normalized spacial score (nSPS) is 13.3. The van der Waals surface area contributed by atoms with Crippen molar-refractivity contribution in [1.82, 2.24) is 4.98 Å². The van der Waals surface area contributed by atoms with Gasteiger partial charge in [-0.05, 0) is 110 Å². The van der Waals surface area contributed by atoms with Crippen LogP contribution >= 0.6 is 34.5 Å². The highest BCUT2D eigenvalue weighted by atomic mass is 35.5. The number of carbonyl (C=O) groups excluding carboxylic acids is 1. The number of carbonyl (C=O) groups is 3. The summed E-state index contributed by atoms with van der Waals surface area (Å²) in [5, 5.41) is 23.1. The van der Waals surface area contributed by atoms with Crippen molar-refractivity contribution in [3.05, 3.63) is 115 Å². The smallest absolute Gasteiger partial charge is 0.335 e. The van der Waals surface area contributed by atoms with Crippen LogP contribution in [-0.4, -0.2) is 77.2 Å². The number of hydrogen-bond donors (Lipinski definition) is 3. The summed E-state index contributed by atoms with van der Waals surface area (Å²) in [5.74, 6) is -2.24. The van der Waals surface area contributed by atoms with Gasteiger partial charge in [0, 0.05) is 34.1 Å². The summed E-state index contributed by atoms with van der Waals surface area (Å²) >= 11 is 13.1. The van der Waals surface area contributed by atoms with Crippen molar-refractivity contribution < 1.29 is 50.9 Å². The predicted octanol–water partition coefficient (Wildman–Crippen LogP) is 6.85. The molecule has 1 aromatic heterocycles. The maximum atomic E-state index is 13.5. The van der Waals surface area contributed by atoms with Crippen molar-refractivity contribution in [2.45, 2.75) is 42.9 Å². The number of thiazole rings is 1. The van der Waals surface area contributed by atoms with E-state index in [4.69, 9.17) is 37.8 Å². The molecule has 0 bridgehead atoms. The molecule has 3 N–H and O–H groups in total. The minimum absolute atomic E-state index is 0.0475. The van der Waals surface area contributed by atoms with Crippen LogP contribution in [-0.2, 0) is 44.1 Å². The van der Waals surface area contributed by atoms with Gasteiger partial charge < -0.3 is 19.7 Å². The highest BCUT2D eigenvalue weighted by molar-refractivity contribution is 7.93. The Kier molecular flexibility index (Phi) is 12.5. The van der Waals surface area contributed by atoms with Crippen LogP contribution < -0.4 is 23.4 Å². The van der Waals surface area contributed by atoms with Crippen molar-refractivity contribution in [3.8, 4) is 11.5 Å². The van der Waals surface area contributed by atoms with Crippen LogP contribution in [0.5, 0.6) is 11.5 Å². The highest BCUT2D eigenvalue weighted by Crippen LogP contribution is 2.40. The van der Waals surface area contributed by atoms with Crippen molar-refractivity contribution >= 4 is 88.9 Å².